The van der Waals surface area contributed by atoms with E-state index in [0.717, 1.165) is 38.5 Å². The Morgan fingerprint density at radius 3 is 2.63 bits per heavy atom. The predicted octanol–water partition coefficient (Wildman–Crippen LogP) is 4.13. The van der Waals surface area contributed by atoms with Crippen molar-refractivity contribution in [2.75, 3.05) is 19.6 Å². The number of piperidine rings is 1. The molecule has 2 aliphatic rings. The van der Waals surface area contributed by atoms with E-state index in [0.29, 0.717) is 5.92 Å². The van der Waals surface area contributed by atoms with Gasteiger partial charge in [0.1, 0.15) is 0 Å². The number of aryl methyl sites for hydroxylation is 1. The van der Waals surface area contributed by atoms with Crippen molar-refractivity contribution in [3.05, 3.63) is 71.3 Å². The molecule has 3 nitrogen and oxygen atoms in total. The molecule has 2 atom stereocenters. The highest BCUT2D eigenvalue weighted by molar-refractivity contribution is 5.79. The van der Waals surface area contributed by atoms with Crippen LogP contribution in [0, 0.1) is 18.8 Å². The van der Waals surface area contributed by atoms with Gasteiger partial charge in [-0.2, -0.15) is 0 Å². The Labute approximate surface area is 162 Å². The van der Waals surface area contributed by atoms with E-state index in [1.54, 1.807) is 0 Å². The number of carbonyl (C=O) groups is 1. The van der Waals surface area contributed by atoms with Crippen LogP contribution in [0.2, 0.25) is 0 Å². The van der Waals surface area contributed by atoms with Gasteiger partial charge in [-0.25, -0.2) is 0 Å². The normalized spacial score (nSPS) is 23.1. The second-order valence-corrected chi connectivity index (χ2v) is 8.41. The Hall–Kier alpha value is -2.13. The average Bonchev–Trinajstić information content (AvgIpc) is 3.51. The number of likely N-dealkylation sites (tertiary alicyclic amines) is 1. The zero-order valence-electron chi connectivity index (χ0n) is 16.2. The molecule has 1 saturated carbocycles. The maximum absolute atomic E-state index is 12.8. The highest BCUT2D eigenvalue weighted by Crippen LogP contribution is 2.32. The second-order valence-electron chi connectivity index (χ2n) is 8.41. The van der Waals surface area contributed by atoms with Crippen molar-refractivity contribution in [3.63, 3.8) is 0 Å². The van der Waals surface area contributed by atoms with E-state index in [9.17, 15) is 4.79 Å². The van der Waals surface area contributed by atoms with Crippen molar-refractivity contribution in [3.8, 4) is 0 Å². The lowest BCUT2D eigenvalue weighted by molar-refractivity contribution is -0.127. The van der Waals surface area contributed by atoms with Crippen LogP contribution in [-0.2, 0) is 11.3 Å². The fourth-order valence-corrected chi connectivity index (χ4v) is 4.23. The summed E-state index contributed by atoms with van der Waals surface area (Å²) in [6.45, 7) is 5.80. The number of rotatable bonds is 6. The van der Waals surface area contributed by atoms with E-state index in [1.807, 2.05) is 0 Å². The highest BCUT2D eigenvalue weighted by Gasteiger charge is 2.33. The molecule has 1 aliphatic heterocycles. The monoisotopic (exact) mass is 362 g/mol. The van der Waals surface area contributed by atoms with Gasteiger partial charge in [-0.15, -0.1) is 0 Å². The molecule has 4 rings (SSSR count). The van der Waals surface area contributed by atoms with E-state index >= 15 is 0 Å². The number of carbonyl (C=O) groups excluding carboxylic acids is 1. The molecule has 1 aliphatic carbocycles. The molecule has 1 amide bonds. The molecule has 142 valence electrons. The Morgan fingerprint density at radius 2 is 1.89 bits per heavy atom. The van der Waals surface area contributed by atoms with Crippen LogP contribution in [-0.4, -0.2) is 30.4 Å². The average molecular weight is 363 g/mol. The summed E-state index contributed by atoms with van der Waals surface area (Å²) in [4.78, 5) is 15.3. The quantitative estimate of drug-likeness (QED) is 0.838. The Morgan fingerprint density at radius 1 is 1.07 bits per heavy atom. The lowest BCUT2D eigenvalue weighted by Crippen LogP contribution is -2.45. The molecule has 1 N–H and O–H groups in total. The number of benzene rings is 2. The van der Waals surface area contributed by atoms with Crippen LogP contribution >= 0.6 is 0 Å². The first-order valence-corrected chi connectivity index (χ1v) is 10.3. The van der Waals surface area contributed by atoms with Gasteiger partial charge in [-0.1, -0.05) is 60.2 Å². The Bertz CT molecular complexity index is 769. The van der Waals surface area contributed by atoms with E-state index in [-0.39, 0.29) is 11.8 Å². The molecular formula is C24H30N2O. The Balaban J connectivity index is 1.49. The fourth-order valence-electron chi connectivity index (χ4n) is 4.23. The lowest BCUT2D eigenvalue weighted by Gasteiger charge is -2.37. The molecular weight excluding hydrogens is 332 g/mol. The van der Waals surface area contributed by atoms with E-state index in [2.05, 4.69) is 71.7 Å². The molecule has 0 radical (unpaired) electrons. The lowest BCUT2D eigenvalue weighted by atomic mass is 9.83. The number of amides is 1. The van der Waals surface area contributed by atoms with E-state index in [4.69, 9.17) is 0 Å². The third-order valence-corrected chi connectivity index (χ3v) is 5.92. The van der Waals surface area contributed by atoms with Crippen LogP contribution in [0.4, 0.5) is 0 Å². The number of hydrogen-bond donors (Lipinski definition) is 1. The minimum absolute atomic E-state index is 0.0757. The number of hydrogen-bond acceptors (Lipinski definition) is 2. The van der Waals surface area contributed by atoms with Gasteiger partial charge < -0.3 is 5.32 Å². The molecule has 2 aromatic rings. The van der Waals surface area contributed by atoms with Gasteiger partial charge in [-0.3, -0.25) is 9.69 Å². The van der Waals surface area contributed by atoms with Crippen molar-refractivity contribution >= 4 is 5.91 Å². The SMILES string of the molecule is Cc1cccc([C@H]2C[C@@H](C(=O)NCC3CC3)CN(Cc3ccccc3)C2)c1. The fraction of sp³-hybridized carbons (Fsp3) is 0.458. The summed E-state index contributed by atoms with van der Waals surface area (Å²) in [5.74, 6) is 1.47. The van der Waals surface area contributed by atoms with Crippen LogP contribution in [0.3, 0.4) is 0 Å². The standard InChI is InChI=1S/C24H30N2O/c1-18-6-5-9-21(12-18)22-13-23(24(27)25-14-19-10-11-19)17-26(16-22)15-20-7-3-2-4-8-20/h2-9,12,19,22-23H,10-11,13-17H2,1H3,(H,25,27)/t22-,23+/m0/s1. The summed E-state index contributed by atoms with van der Waals surface area (Å²) < 4.78 is 0. The van der Waals surface area contributed by atoms with Gasteiger partial charge >= 0.3 is 0 Å². The van der Waals surface area contributed by atoms with Gasteiger partial charge in [0.15, 0.2) is 0 Å². The van der Waals surface area contributed by atoms with E-state index in [1.165, 1.54) is 29.5 Å². The van der Waals surface area contributed by atoms with E-state index < -0.39 is 0 Å². The maximum atomic E-state index is 12.8. The van der Waals surface area contributed by atoms with Gasteiger partial charge in [0.2, 0.25) is 5.91 Å². The summed E-state index contributed by atoms with van der Waals surface area (Å²) in [5.41, 5.74) is 3.98. The topological polar surface area (TPSA) is 32.3 Å². The van der Waals surface area contributed by atoms with Crippen molar-refractivity contribution in [2.45, 2.75) is 38.6 Å². The van der Waals surface area contributed by atoms with Crippen molar-refractivity contribution < 1.29 is 4.79 Å². The first kappa shape index (κ1) is 18.2. The maximum Gasteiger partial charge on any atom is 0.224 e. The zero-order chi connectivity index (χ0) is 18.6. The van der Waals surface area contributed by atoms with Crippen LogP contribution in [0.1, 0.15) is 41.9 Å². The zero-order valence-corrected chi connectivity index (χ0v) is 16.2. The third kappa shape index (κ3) is 4.98. The molecule has 2 fully saturated rings. The molecule has 2 aromatic carbocycles. The minimum Gasteiger partial charge on any atom is -0.356 e. The molecule has 1 saturated heterocycles. The summed E-state index contributed by atoms with van der Waals surface area (Å²) >= 11 is 0. The predicted molar refractivity (Wildman–Crippen MR) is 109 cm³/mol. The van der Waals surface area contributed by atoms with Gasteiger partial charge in [0.25, 0.3) is 0 Å². The number of nitrogens with one attached hydrogen (secondary N) is 1. The van der Waals surface area contributed by atoms with Crippen LogP contribution in [0.5, 0.6) is 0 Å². The molecule has 0 spiro atoms. The second kappa shape index (κ2) is 8.26. The van der Waals surface area contributed by atoms with Crippen LogP contribution in [0.15, 0.2) is 54.6 Å². The van der Waals surface area contributed by atoms with Crippen molar-refractivity contribution in [1.82, 2.24) is 10.2 Å². The van der Waals surface area contributed by atoms with Gasteiger partial charge in [0.05, 0.1) is 5.92 Å². The van der Waals surface area contributed by atoms with Crippen LogP contribution in [0.25, 0.3) is 0 Å². The summed E-state index contributed by atoms with van der Waals surface area (Å²) in [5, 5.41) is 3.22. The molecule has 0 aromatic heterocycles. The first-order valence-electron chi connectivity index (χ1n) is 10.3. The van der Waals surface area contributed by atoms with Crippen LogP contribution < -0.4 is 5.32 Å². The summed E-state index contributed by atoms with van der Waals surface area (Å²) in [6, 6.07) is 19.4. The third-order valence-electron chi connectivity index (χ3n) is 5.92. The molecule has 1 heterocycles. The number of nitrogens with zero attached hydrogens (tertiary/aromatic N) is 1. The van der Waals surface area contributed by atoms with Gasteiger partial charge in [-0.05, 0) is 49.1 Å². The first-order chi connectivity index (χ1) is 13.2. The highest BCUT2D eigenvalue weighted by atomic mass is 16.1. The summed E-state index contributed by atoms with van der Waals surface area (Å²) in [6.07, 6.45) is 3.50. The smallest absolute Gasteiger partial charge is 0.224 e. The Kier molecular flexibility index (Phi) is 5.58. The molecule has 0 unspecified atom stereocenters. The van der Waals surface area contributed by atoms with Gasteiger partial charge in [0, 0.05) is 26.2 Å². The minimum atomic E-state index is 0.0757. The largest absolute Gasteiger partial charge is 0.356 e. The van der Waals surface area contributed by atoms with Crippen molar-refractivity contribution in [2.24, 2.45) is 11.8 Å². The molecule has 0 bridgehead atoms. The molecule has 27 heavy (non-hydrogen) atoms. The molecule has 3 heteroatoms. The van der Waals surface area contributed by atoms with Crippen molar-refractivity contribution in [1.29, 1.82) is 0 Å². The summed E-state index contributed by atoms with van der Waals surface area (Å²) in [7, 11) is 0.